The highest BCUT2D eigenvalue weighted by Crippen LogP contribution is 2.30. The lowest BCUT2D eigenvalue weighted by molar-refractivity contribution is -0.117. The lowest BCUT2D eigenvalue weighted by atomic mass is 10.1. The van der Waals surface area contributed by atoms with Crippen molar-refractivity contribution in [1.29, 1.82) is 0 Å². The zero-order valence-corrected chi connectivity index (χ0v) is 16.3. The van der Waals surface area contributed by atoms with E-state index in [0.29, 0.717) is 28.8 Å². The smallest absolute Gasteiger partial charge is 0.319 e. The molecule has 4 rings (SSSR count). The Morgan fingerprint density at radius 1 is 1.21 bits per heavy atom. The molecule has 2 N–H and O–H groups in total. The second-order valence-electron chi connectivity index (χ2n) is 7.25. The Balaban J connectivity index is 1.42. The molecule has 2 aromatic carbocycles. The van der Waals surface area contributed by atoms with Gasteiger partial charge >= 0.3 is 6.03 Å². The molecule has 0 aliphatic carbocycles. The summed E-state index contributed by atoms with van der Waals surface area (Å²) < 4.78 is 19.3. The predicted octanol–water partition coefficient (Wildman–Crippen LogP) is 4.89. The first-order chi connectivity index (χ1) is 13.9. The number of amides is 3. The Labute approximate surface area is 167 Å². The summed E-state index contributed by atoms with van der Waals surface area (Å²) in [5.41, 5.74) is 2.83. The van der Waals surface area contributed by atoms with Crippen LogP contribution in [0, 0.1) is 12.7 Å². The van der Waals surface area contributed by atoms with E-state index in [2.05, 4.69) is 10.6 Å². The molecule has 29 heavy (non-hydrogen) atoms. The first-order valence-corrected chi connectivity index (χ1v) is 9.59. The molecule has 3 amide bonds. The van der Waals surface area contributed by atoms with Gasteiger partial charge in [0.25, 0.3) is 0 Å². The molecule has 2 heterocycles. The van der Waals surface area contributed by atoms with Crippen molar-refractivity contribution in [3.05, 3.63) is 59.6 Å². The van der Waals surface area contributed by atoms with Crippen LogP contribution in [0.5, 0.6) is 0 Å². The van der Waals surface area contributed by atoms with Gasteiger partial charge in [-0.2, -0.15) is 0 Å². The number of benzene rings is 2. The van der Waals surface area contributed by atoms with Crippen LogP contribution in [0.1, 0.15) is 37.1 Å². The molecule has 150 valence electrons. The lowest BCUT2D eigenvalue weighted by Gasteiger charge is -2.17. The molecule has 1 atom stereocenters. The molecule has 1 aromatic heterocycles. The lowest BCUT2D eigenvalue weighted by Crippen LogP contribution is -2.31. The molecule has 0 saturated carbocycles. The number of nitrogens with zero attached hydrogens (tertiary/aromatic N) is 1. The van der Waals surface area contributed by atoms with Crippen LogP contribution in [0.15, 0.2) is 46.9 Å². The van der Waals surface area contributed by atoms with Crippen LogP contribution in [0.4, 0.5) is 20.6 Å². The normalized spacial score (nSPS) is 15.0. The third-order valence-electron chi connectivity index (χ3n) is 5.19. The second kappa shape index (κ2) is 7.58. The zero-order valence-electron chi connectivity index (χ0n) is 16.3. The Hall–Kier alpha value is -3.35. The van der Waals surface area contributed by atoms with E-state index in [1.807, 2.05) is 26.0 Å². The number of hydrogen-bond acceptors (Lipinski definition) is 3. The van der Waals surface area contributed by atoms with E-state index in [4.69, 9.17) is 4.42 Å². The summed E-state index contributed by atoms with van der Waals surface area (Å²) in [6.07, 6.45) is 1.45. The van der Waals surface area contributed by atoms with Gasteiger partial charge in [-0.05, 0) is 62.7 Å². The van der Waals surface area contributed by atoms with Gasteiger partial charge < -0.3 is 20.0 Å². The van der Waals surface area contributed by atoms with Crippen LogP contribution in [0.3, 0.4) is 0 Å². The summed E-state index contributed by atoms with van der Waals surface area (Å²) in [7, 11) is 0. The maximum absolute atomic E-state index is 13.5. The fourth-order valence-corrected chi connectivity index (χ4v) is 3.70. The van der Waals surface area contributed by atoms with E-state index in [0.717, 1.165) is 24.2 Å². The summed E-state index contributed by atoms with van der Waals surface area (Å²) in [6.45, 7) is 4.38. The van der Waals surface area contributed by atoms with Crippen LogP contribution in [0.2, 0.25) is 0 Å². The van der Waals surface area contributed by atoms with Crippen molar-refractivity contribution in [2.75, 3.05) is 16.8 Å². The minimum atomic E-state index is -0.396. The van der Waals surface area contributed by atoms with Gasteiger partial charge in [0.05, 0.1) is 6.04 Å². The molecule has 7 heteroatoms. The van der Waals surface area contributed by atoms with Gasteiger partial charge in [0.2, 0.25) is 5.91 Å². The molecular formula is C22H22FN3O3. The highest BCUT2D eigenvalue weighted by molar-refractivity contribution is 5.96. The van der Waals surface area contributed by atoms with Gasteiger partial charge in [0.1, 0.15) is 17.2 Å². The molecular weight excluding hydrogens is 373 g/mol. The molecule has 1 fully saturated rings. The number of halogens is 1. The first-order valence-electron chi connectivity index (χ1n) is 9.59. The third-order valence-corrected chi connectivity index (χ3v) is 5.19. The van der Waals surface area contributed by atoms with Crippen molar-refractivity contribution in [3.8, 4) is 0 Å². The summed E-state index contributed by atoms with van der Waals surface area (Å²) >= 11 is 0. The number of aryl methyl sites for hydroxylation is 1. The number of carbonyl (C=O) groups is 2. The molecule has 0 unspecified atom stereocenters. The van der Waals surface area contributed by atoms with Crippen LogP contribution >= 0.6 is 0 Å². The quantitative estimate of drug-likeness (QED) is 0.660. The predicted molar refractivity (Wildman–Crippen MR) is 110 cm³/mol. The van der Waals surface area contributed by atoms with E-state index in [9.17, 15) is 14.0 Å². The number of anilines is 2. The average Bonchev–Trinajstić information content (AvgIpc) is 3.26. The van der Waals surface area contributed by atoms with Gasteiger partial charge in [-0.1, -0.05) is 0 Å². The van der Waals surface area contributed by atoms with Crippen molar-refractivity contribution >= 4 is 34.3 Å². The van der Waals surface area contributed by atoms with E-state index < -0.39 is 6.04 Å². The van der Waals surface area contributed by atoms with Gasteiger partial charge in [-0.3, -0.25) is 4.79 Å². The monoisotopic (exact) mass is 395 g/mol. The summed E-state index contributed by atoms with van der Waals surface area (Å²) in [5, 5.41) is 6.31. The molecule has 3 aromatic rings. The van der Waals surface area contributed by atoms with E-state index >= 15 is 0 Å². The van der Waals surface area contributed by atoms with Crippen molar-refractivity contribution < 1.29 is 18.4 Å². The van der Waals surface area contributed by atoms with Crippen molar-refractivity contribution in [2.24, 2.45) is 0 Å². The molecule has 6 nitrogen and oxygen atoms in total. The summed E-state index contributed by atoms with van der Waals surface area (Å²) in [5.74, 6) is 0.382. The largest absolute Gasteiger partial charge is 0.459 e. The van der Waals surface area contributed by atoms with Crippen LogP contribution in [0.25, 0.3) is 11.0 Å². The second-order valence-corrected chi connectivity index (χ2v) is 7.25. The summed E-state index contributed by atoms with van der Waals surface area (Å²) in [4.78, 5) is 26.0. The maximum atomic E-state index is 13.5. The van der Waals surface area contributed by atoms with Gasteiger partial charge in [-0.25, -0.2) is 9.18 Å². The van der Waals surface area contributed by atoms with Gasteiger partial charge in [-0.15, -0.1) is 0 Å². The first kappa shape index (κ1) is 19.0. The topological polar surface area (TPSA) is 74.6 Å². The third kappa shape index (κ3) is 3.81. The molecule has 1 aliphatic heterocycles. The Morgan fingerprint density at radius 3 is 2.66 bits per heavy atom. The number of nitrogens with one attached hydrogen (secondary N) is 2. The highest BCUT2D eigenvalue weighted by atomic mass is 19.1. The Morgan fingerprint density at radius 2 is 1.97 bits per heavy atom. The summed E-state index contributed by atoms with van der Waals surface area (Å²) in [6, 6.07) is 10.7. The van der Waals surface area contributed by atoms with Gasteiger partial charge in [0, 0.05) is 35.3 Å². The van der Waals surface area contributed by atoms with E-state index in [1.54, 1.807) is 23.1 Å². The number of hydrogen-bond donors (Lipinski definition) is 2. The number of fused-ring (bicyclic) bond motifs is 1. The number of urea groups is 1. The van der Waals surface area contributed by atoms with Crippen molar-refractivity contribution in [3.63, 3.8) is 0 Å². The SMILES string of the molecule is Cc1c([C@H](C)NC(=O)Nc2ccc(N3CCCC3=O)cc2)oc2ccc(F)cc12. The van der Waals surface area contributed by atoms with Crippen molar-refractivity contribution in [2.45, 2.75) is 32.7 Å². The van der Waals surface area contributed by atoms with E-state index in [-0.39, 0.29) is 17.8 Å². The minimum absolute atomic E-state index is 0.123. The fourth-order valence-electron chi connectivity index (χ4n) is 3.70. The molecule has 1 saturated heterocycles. The van der Waals surface area contributed by atoms with Crippen LogP contribution < -0.4 is 15.5 Å². The van der Waals surface area contributed by atoms with Crippen LogP contribution in [-0.2, 0) is 4.79 Å². The zero-order chi connectivity index (χ0) is 20.5. The van der Waals surface area contributed by atoms with Crippen LogP contribution in [-0.4, -0.2) is 18.5 Å². The standard InChI is InChI=1S/C22H22FN3O3/c1-13-18-12-15(23)5-10-19(18)29-21(13)14(2)24-22(28)25-16-6-8-17(9-7-16)26-11-3-4-20(26)27/h5-10,12,14H,3-4,11H2,1-2H3,(H2,24,25,28)/t14-/m0/s1. The maximum Gasteiger partial charge on any atom is 0.319 e. The number of furan rings is 1. The number of rotatable bonds is 4. The van der Waals surface area contributed by atoms with Gasteiger partial charge in [0.15, 0.2) is 0 Å². The van der Waals surface area contributed by atoms with E-state index in [1.165, 1.54) is 12.1 Å². The molecule has 1 aliphatic rings. The number of carbonyl (C=O) groups excluding carboxylic acids is 2. The van der Waals surface area contributed by atoms with Crippen molar-refractivity contribution in [1.82, 2.24) is 5.32 Å². The average molecular weight is 395 g/mol. The molecule has 0 spiro atoms. The molecule has 0 radical (unpaired) electrons. The Bertz CT molecular complexity index is 1070. The Kier molecular flexibility index (Phi) is 4.96. The molecule has 0 bridgehead atoms. The minimum Gasteiger partial charge on any atom is -0.459 e. The highest BCUT2D eigenvalue weighted by Gasteiger charge is 2.22. The fraction of sp³-hybridized carbons (Fsp3) is 0.273.